The van der Waals surface area contributed by atoms with E-state index >= 15 is 0 Å². The van der Waals surface area contributed by atoms with Gasteiger partial charge >= 0.3 is 0 Å². The quantitative estimate of drug-likeness (QED) is 0.717. The van der Waals surface area contributed by atoms with Crippen LogP contribution in [0.4, 0.5) is 0 Å². The summed E-state index contributed by atoms with van der Waals surface area (Å²) in [5.41, 5.74) is 2.41. The van der Waals surface area contributed by atoms with Gasteiger partial charge in [0.1, 0.15) is 0 Å². The van der Waals surface area contributed by atoms with Crippen LogP contribution < -0.4 is 14.8 Å². The lowest BCUT2D eigenvalue weighted by Gasteiger charge is -2.19. The Morgan fingerprint density at radius 1 is 1.07 bits per heavy atom. The number of carbonyl (C=O) groups excluding carboxylic acids is 1. The number of hydrogen-bond acceptors (Lipinski definition) is 4. The Hall–Kier alpha value is -2.53. The number of nitrogens with zero attached hydrogens (tertiary/aromatic N) is 1. The van der Waals surface area contributed by atoms with E-state index in [2.05, 4.69) is 34.5 Å². The average Bonchev–Trinajstić information content (AvgIpc) is 3.23. The highest BCUT2D eigenvalue weighted by Gasteiger charge is 2.20. The molecule has 0 spiro atoms. The summed E-state index contributed by atoms with van der Waals surface area (Å²) in [6.07, 6.45) is 2.61. The number of amides is 1. The normalized spacial score (nSPS) is 15.2. The maximum atomic E-state index is 12.6. The lowest BCUT2D eigenvalue weighted by Crippen LogP contribution is -2.37. The maximum absolute atomic E-state index is 12.6. The Balaban J connectivity index is 1.56. The van der Waals surface area contributed by atoms with Gasteiger partial charge < -0.3 is 14.8 Å². The van der Waals surface area contributed by atoms with Crippen LogP contribution in [0.3, 0.4) is 0 Å². The number of methoxy groups -OCH3 is 1. The fourth-order valence-electron chi connectivity index (χ4n) is 3.53. The van der Waals surface area contributed by atoms with Gasteiger partial charge in [-0.15, -0.1) is 0 Å². The molecule has 0 radical (unpaired) electrons. The van der Waals surface area contributed by atoms with Crippen LogP contribution in [0.5, 0.6) is 11.5 Å². The Morgan fingerprint density at radius 2 is 1.79 bits per heavy atom. The van der Waals surface area contributed by atoms with E-state index in [0.29, 0.717) is 24.5 Å². The van der Waals surface area contributed by atoms with Gasteiger partial charge in [0.2, 0.25) is 0 Å². The Labute approximate surface area is 167 Å². The number of carbonyl (C=O) groups is 1. The van der Waals surface area contributed by atoms with E-state index in [9.17, 15) is 4.79 Å². The third-order valence-corrected chi connectivity index (χ3v) is 5.06. The van der Waals surface area contributed by atoms with E-state index < -0.39 is 6.10 Å². The monoisotopic (exact) mass is 382 g/mol. The Morgan fingerprint density at radius 3 is 2.50 bits per heavy atom. The smallest absolute Gasteiger partial charge is 0.261 e. The number of rotatable bonds is 9. The number of para-hydroxylation sites is 2. The van der Waals surface area contributed by atoms with E-state index in [1.807, 2.05) is 31.2 Å². The molecular formula is C23H30N2O3. The molecule has 0 bridgehead atoms. The Bertz CT molecular complexity index is 772. The van der Waals surface area contributed by atoms with Crippen LogP contribution in [0.1, 0.15) is 37.3 Å². The van der Waals surface area contributed by atoms with Crippen LogP contribution in [0, 0.1) is 0 Å². The third-order valence-electron chi connectivity index (χ3n) is 5.06. The molecule has 3 rings (SSSR count). The van der Waals surface area contributed by atoms with Crippen molar-refractivity contribution in [2.75, 3.05) is 20.2 Å². The molecule has 28 heavy (non-hydrogen) atoms. The van der Waals surface area contributed by atoms with Crippen LogP contribution in [-0.4, -0.2) is 37.1 Å². The second-order valence-corrected chi connectivity index (χ2v) is 7.19. The summed E-state index contributed by atoms with van der Waals surface area (Å²) < 4.78 is 11.2. The van der Waals surface area contributed by atoms with E-state index in [1.165, 1.54) is 31.5 Å². The van der Waals surface area contributed by atoms with Gasteiger partial charge in [0.05, 0.1) is 7.11 Å². The Kier molecular flexibility index (Phi) is 7.31. The van der Waals surface area contributed by atoms with Gasteiger partial charge in [0.15, 0.2) is 17.6 Å². The largest absolute Gasteiger partial charge is 0.493 e. The number of nitrogens with one attached hydrogen (secondary N) is 1. The minimum absolute atomic E-state index is 0.113. The second kappa shape index (κ2) is 10.1. The highest BCUT2D eigenvalue weighted by Crippen LogP contribution is 2.27. The molecule has 0 aliphatic carbocycles. The van der Waals surface area contributed by atoms with Gasteiger partial charge in [-0.2, -0.15) is 0 Å². The van der Waals surface area contributed by atoms with Crippen LogP contribution in [-0.2, 0) is 17.9 Å². The molecule has 1 atom stereocenters. The van der Waals surface area contributed by atoms with Gasteiger partial charge in [-0.05, 0) is 55.6 Å². The SMILES string of the molecule is CC[C@@H](Oc1ccccc1OC)C(=O)NCc1cccc(CN2CCCC2)c1. The van der Waals surface area contributed by atoms with Crippen LogP contribution >= 0.6 is 0 Å². The number of ether oxygens (including phenoxy) is 2. The molecule has 0 unspecified atom stereocenters. The van der Waals surface area contributed by atoms with E-state index in [1.54, 1.807) is 7.11 Å². The minimum Gasteiger partial charge on any atom is -0.493 e. The second-order valence-electron chi connectivity index (χ2n) is 7.19. The van der Waals surface area contributed by atoms with Crippen molar-refractivity contribution in [1.29, 1.82) is 0 Å². The molecule has 5 heteroatoms. The van der Waals surface area contributed by atoms with Crippen molar-refractivity contribution < 1.29 is 14.3 Å². The maximum Gasteiger partial charge on any atom is 0.261 e. The van der Waals surface area contributed by atoms with Gasteiger partial charge in [-0.3, -0.25) is 9.69 Å². The lowest BCUT2D eigenvalue weighted by molar-refractivity contribution is -0.128. The fraction of sp³-hybridized carbons (Fsp3) is 0.435. The summed E-state index contributed by atoms with van der Waals surface area (Å²) in [5.74, 6) is 1.10. The molecule has 5 nitrogen and oxygen atoms in total. The zero-order chi connectivity index (χ0) is 19.8. The zero-order valence-corrected chi connectivity index (χ0v) is 16.8. The van der Waals surface area contributed by atoms with Crippen molar-refractivity contribution in [1.82, 2.24) is 10.2 Å². The van der Waals surface area contributed by atoms with Crippen molar-refractivity contribution in [2.45, 2.75) is 45.4 Å². The molecule has 2 aromatic rings. The first kappa shape index (κ1) is 20.2. The molecule has 2 aromatic carbocycles. The van der Waals surface area contributed by atoms with Crippen molar-refractivity contribution in [3.63, 3.8) is 0 Å². The summed E-state index contributed by atoms with van der Waals surface area (Å²) >= 11 is 0. The highest BCUT2D eigenvalue weighted by atomic mass is 16.5. The molecule has 150 valence electrons. The van der Waals surface area contributed by atoms with Gasteiger partial charge in [0.25, 0.3) is 5.91 Å². The summed E-state index contributed by atoms with van der Waals surface area (Å²) in [7, 11) is 1.60. The molecule has 1 aliphatic heterocycles. The van der Waals surface area contributed by atoms with E-state index in [-0.39, 0.29) is 5.91 Å². The number of benzene rings is 2. The molecule has 1 heterocycles. The van der Waals surface area contributed by atoms with E-state index in [0.717, 1.165) is 12.1 Å². The summed E-state index contributed by atoms with van der Waals surface area (Å²) in [6.45, 7) is 5.78. The molecule has 1 amide bonds. The summed E-state index contributed by atoms with van der Waals surface area (Å²) in [6, 6.07) is 15.8. The number of likely N-dealkylation sites (tertiary alicyclic amines) is 1. The van der Waals surface area contributed by atoms with Gasteiger partial charge in [-0.1, -0.05) is 43.3 Å². The lowest BCUT2D eigenvalue weighted by atomic mass is 10.1. The van der Waals surface area contributed by atoms with Crippen LogP contribution in [0.25, 0.3) is 0 Å². The first-order valence-electron chi connectivity index (χ1n) is 10.1. The van der Waals surface area contributed by atoms with Crippen molar-refractivity contribution in [2.24, 2.45) is 0 Å². The third kappa shape index (κ3) is 5.49. The molecule has 0 aromatic heterocycles. The molecule has 0 saturated carbocycles. The standard InChI is InChI=1S/C23H30N2O3/c1-3-20(28-22-12-5-4-11-21(22)27-2)23(26)24-16-18-9-8-10-19(15-18)17-25-13-6-7-14-25/h4-5,8-12,15,20H,3,6-7,13-14,16-17H2,1-2H3,(H,24,26)/t20-/m1/s1. The van der Waals surface area contributed by atoms with Crippen LogP contribution in [0.15, 0.2) is 48.5 Å². The van der Waals surface area contributed by atoms with Crippen LogP contribution in [0.2, 0.25) is 0 Å². The fourth-order valence-corrected chi connectivity index (χ4v) is 3.53. The molecule has 1 saturated heterocycles. The summed E-state index contributed by atoms with van der Waals surface area (Å²) in [4.78, 5) is 15.1. The zero-order valence-electron chi connectivity index (χ0n) is 16.8. The topological polar surface area (TPSA) is 50.8 Å². The van der Waals surface area contributed by atoms with E-state index in [4.69, 9.17) is 9.47 Å². The van der Waals surface area contributed by atoms with Crippen molar-refractivity contribution in [3.05, 3.63) is 59.7 Å². The number of hydrogen-bond donors (Lipinski definition) is 1. The molecular weight excluding hydrogens is 352 g/mol. The molecule has 1 fully saturated rings. The first-order valence-corrected chi connectivity index (χ1v) is 10.1. The predicted octanol–water partition coefficient (Wildman–Crippen LogP) is 3.76. The molecule has 1 aliphatic rings. The average molecular weight is 383 g/mol. The van der Waals surface area contributed by atoms with Gasteiger partial charge in [0, 0.05) is 13.1 Å². The predicted molar refractivity (Wildman–Crippen MR) is 111 cm³/mol. The van der Waals surface area contributed by atoms with Gasteiger partial charge in [-0.25, -0.2) is 0 Å². The summed E-state index contributed by atoms with van der Waals surface area (Å²) in [5, 5.41) is 3.01. The highest BCUT2D eigenvalue weighted by molar-refractivity contribution is 5.81. The molecule has 1 N–H and O–H groups in total. The van der Waals surface area contributed by atoms with Crippen molar-refractivity contribution >= 4 is 5.91 Å². The first-order chi connectivity index (χ1) is 13.7. The minimum atomic E-state index is -0.552. The van der Waals surface area contributed by atoms with Crippen molar-refractivity contribution in [3.8, 4) is 11.5 Å².